The van der Waals surface area contributed by atoms with Crippen LogP contribution in [0.15, 0.2) is 0 Å². The number of rotatable bonds is 4. The van der Waals surface area contributed by atoms with Crippen LogP contribution < -0.4 is 0 Å². The number of carboxylic acids is 2. The SMILES string of the molecule is O=C(O)CO[C@H]1OC(C(=O)O)[C@H](O)C(O)C1O. The molecule has 1 fully saturated rings. The molecular weight excluding hydrogens is 240 g/mol. The van der Waals surface area contributed by atoms with Crippen LogP contribution in [0, 0.1) is 0 Å². The molecule has 5 atom stereocenters. The molecule has 0 spiro atoms. The number of hydrogen-bond donors (Lipinski definition) is 5. The third kappa shape index (κ3) is 3.11. The van der Waals surface area contributed by atoms with E-state index in [4.69, 9.17) is 10.2 Å². The van der Waals surface area contributed by atoms with E-state index in [2.05, 4.69) is 9.47 Å². The van der Waals surface area contributed by atoms with E-state index in [1.807, 2.05) is 0 Å². The second-order valence-corrected chi connectivity index (χ2v) is 3.44. The Labute approximate surface area is 94.8 Å². The van der Waals surface area contributed by atoms with Gasteiger partial charge in [0.2, 0.25) is 0 Å². The van der Waals surface area contributed by atoms with Crippen LogP contribution in [0.4, 0.5) is 0 Å². The lowest BCUT2D eigenvalue weighted by Gasteiger charge is -2.38. The van der Waals surface area contributed by atoms with Crippen LogP contribution >= 0.6 is 0 Å². The van der Waals surface area contributed by atoms with E-state index in [1.54, 1.807) is 0 Å². The van der Waals surface area contributed by atoms with Gasteiger partial charge >= 0.3 is 11.9 Å². The Morgan fingerprint density at radius 2 is 1.65 bits per heavy atom. The molecule has 0 amide bonds. The maximum atomic E-state index is 10.7. The van der Waals surface area contributed by atoms with Crippen molar-refractivity contribution in [3.05, 3.63) is 0 Å². The van der Waals surface area contributed by atoms with Gasteiger partial charge in [-0.2, -0.15) is 0 Å². The van der Waals surface area contributed by atoms with Gasteiger partial charge in [0, 0.05) is 0 Å². The molecule has 9 heteroatoms. The molecule has 17 heavy (non-hydrogen) atoms. The van der Waals surface area contributed by atoms with Gasteiger partial charge in [0.25, 0.3) is 0 Å². The zero-order valence-corrected chi connectivity index (χ0v) is 8.46. The number of aliphatic carboxylic acids is 2. The molecule has 0 aromatic carbocycles. The van der Waals surface area contributed by atoms with E-state index in [1.165, 1.54) is 0 Å². The summed E-state index contributed by atoms with van der Waals surface area (Å²) in [6.45, 7) is -0.836. The molecule has 1 aliphatic heterocycles. The Balaban J connectivity index is 2.71. The van der Waals surface area contributed by atoms with Gasteiger partial charge in [-0.15, -0.1) is 0 Å². The largest absolute Gasteiger partial charge is 0.480 e. The number of carbonyl (C=O) groups is 2. The Bertz CT molecular complexity index is 303. The lowest BCUT2D eigenvalue weighted by atomic mass is 9.99. The molecule has 98 valence electrons. The van der Waals surface area contributed by atoms with Gasteiger partial charge in [0.15, 0.2) is 12.4 Å². The highest BCUT2D eigenvalue weighted by Gasteiger charge is 2.47. The predicted molar refractivity (Wildman–Crippen MR) is 47.9 cm³/mol. The summed E-state index contributed by atoms with van der Waals surface area (Å²) in [6.07, 6.45) is -8.80. The highest BCUT2D eigenvalue weighted by atomic mass is 16.7. The summed E-state index contributed by atoms with van der Waals surface area (Å²) in [4.78, 5) is 20.9. The van der Waals surface area contributed by atoms with Crippen LogP contribution in [0.5, 0.6) is 0 Å². The van der Waals surface area contributed by atoms with Crippen LogP contribution in [0.3, 0.4) is 0 Å². The van der Waals surface area contributed by atoms with Crippen molar-refractivity contribution in [2.24, 2.45) is 0 Å². The molecule has 1 heterocycles. The van der Waals surface area contributed by atoms with Gasteiger partial charge in [-0.05, 0) is 0 Å². The third-order valence-electron chi connectivity index (χ3n) is 2.18. The van der Waals surface area contributed by atoms with Crippen molar-refractivity contribution in [2.75, 3.05) is 6.61 Å². The first-order valence-electron chi connectivity index (χ1n) is 4.60. The number of aliphatic hydroxyl groups is 3. The maximum absolute atomic E-state index is 10.7. The quantitative estimate of drug-likeness (QED) is 0.351. The molecule has 0 aliphatic carbocycles. The van der Waals surface area contributed by atoms with Gasteiger partial charge in [-0.3, -0.25) is 0 Å². The summed E-state index contributed by atoms with van der Waals surface area (Å²) in [6, 6.07) is 0. The summed E-state index contributed by atoms with van der Waals surface area (Å²) in [5, 5.41) is 45.0. The van der Waals surface area contributed by atoms with E-state index in [9.17, 15) is 24.9 Å². The van der Waals surface area contributed by atoms with Gasteiger partial charge in [0.1, 0.15) is 24.9 Å². The van der Waals surface area contributed by atoms with Crippen molar-refractivity contribution in [3.8, 4) is 0 Å². The average Bonchev–Trinajstić information content (AvgIpc) is 2.24. The highest BCUT2D eigenvalue weighted by molar-refractivity contribution is 5.73. The zero-order valence-electron chi connectivity index (χ0n) is 8.46. The molecule has 0 aromatic rings. The molecule has 1 saturated heterocycles. The van der Waals surface area contributed by atoms with Crippen molar-refractivity contribution < 1.29 is 44.6 Å². The zero-order chi connectivity index (χ0) is 13.2. The van der Waals surface area contributed by atoms with E-state index >= 15 is 0 Å². The van der Waals surface area contributed by atoms with Crippen LogP contribution in [0.1, 0.15) is 0 Å². The van der Waals surface area contributed by atoms with Crippen LogP contribution in [-0.2, 0) is 19.1 Å². The Morgan fingerprint density at radius 1 is 1.06 bits per heavy atom. The minimum atomic E-state index is -1.83. The number of hydrogen-bond acceptors (Lipinski definition) is 7. The molecule has 0 aromatic heterocycles. The van der Waals surface area contributed by atoms with E-state index in [-0.39, 0.29) is 0 Å². The molecule has 0 saturated carbocycles. The van der Waals surface area contributed by atoms with Crippen LogP contribution in [0.25, 0.3) is 0 Å². The summed E-state index contributed by atoms with van der Waals surface area (Å²) < 4.78 is 9.20. The maximum Gasteiger partial charge on any atom is 0.335 e. The first-order valence-corrected chi connectivity index (χ1v) is 4.60. The van der Waals surface area contributed by atoms with Crippen molar-refractivity contribution in [2.45, 2.75) is 30.7 Å². The highest BCUT2D eigenvalue weighted by Crippen LogP contribution is 2.22. The smallest absolute Gasteiger partial charge is 0.335 e. The molecule has 9 nitrogen and oxygen atoms in total. The van der Waals surface area contributed by atoms with Crippen molar-refractivity contribution in [1.29, 1.82) is 0 Å². The second kappa shape index (κ2) is 5.38. The first kappa shape index (κ1) is 13.8. The van der Waals surface area contributed by atoms with E-state index < -0.39 is 49.3 Å². The molecular formula is C8H12O9. The third-order valence-corrected chi connectivity index (χ3v) is 2.18. The van der Waals surface area contributed by atoms with Gasteiger partial charge in [0.05, 0.1) is 0 Å². The second-order valence-electron chi connectivity index (χ2n) is 3.44. The molecule has 1 rings (SSSR count). The first-order chi connectivity index (χ1) is 7.84. The Hall–Kier alpha value is -1.26. The summed E-state index contributed by atoms with van der Waals surface area (Å²) >= 11 is 0. The topological polar surface area (TPSA) is 154 Å². The summed E-state index contributed by atoms with van der Waals surface area (Å²) in [5.74, 6) is -2.92. The number of aliphatic hydroxyl groups excluding tert-OH is 3. The molecule has 3 unspecified atom stereocenters. The number of ether oxygens (including phenoxy) is 2. The lowest BCUT2D eigenvalue weighted by molar-refractivity contribution is -0.293. The fourth-order valence-electron chi connectivity index (χ4n) is 1.34. The van der Waals surface area contributed by atoms with E-state index in [0.29, 0.717) is 0 Å². The molecule has 5 N–H and O–H groups in total. The lowest BCUT2D eigenvalue weighted by Crippen LogP contribution is -2.60. The Kier molecular flexibility index (Phi) is 4.37. The van der Waals surface area contributed by atoms with Crippen molar-refractivity contribution in [3.63, 3.8) is 0 Å². The molecule has 0 bridgehead atoms. The fourth-order valence-corrected chi connectivity index (χ4v) is 1.34. The standard InChI is InChI=1S/C8H12O9/c9-2(10)1-16-8-5(13)3(11)4(12)6(17-8)7(14)15/h3-6,8,11-13H,1H2,(H,9,10)(H,14,15)/t3?,4-,5?,6?,8+/m1/s1. The van der Waals surface area contributed by atoms with E-state index in [0.717, 1.165) is 0 Å². The Morgan fingerprint density at radius 3 is 2.12 bits per heavy atom. The van der Waals surface area contributed by atoms with Gasteiger partial charge in [-0.25, -0.2) is 9.59 Å². The minimum absolute atomic E-state index is 0.836. The van der Waals surface area contributed by atoms with Gasteiger partial charge in [-0.1, -0.05) is 0 Å². The predicted octanol–water partition coefficient (Wildman–Crippen LogP) is -3.02. The molecule has 0 radical (unpaired) electrons. The van der Waals surface area contributed by atoms with Crippen molar-refractivity contribution >= 4 is 11.9 Å². The monoisotopic (exact) mass is 252 g/mol. The fraction of sp³-hybridized carbons (Fsp3) is 0.750. The minimum Gasteiger partial charge on any atom is -0.480 e. The van der Waals surface area contributed by atoms with Crippen molar-refractivity contribution in [1.82, 2.24) is 0 Å². The number of carboxylic acid groups (broad SMARTS) is 2. The molecule has 1 aliphatic rings. The average molecular weight is 252 g/mol. The summed E-state index contributed by atoms with van der Waals surface area (Å²) in [5.41, 5.74) is 0. The normalized spacial score (nSPS) is 37.7. The summed E-state index contributed by atoms with van der Waals surface area (Å²) in [7, 11) is 0. The van der Waals surface area contributed by atoms with Gasteiger partial charge < -0.3 is 35.0 Å². The van der Waals surface area contributed by atoms with Crippen LogP contribution in [-0.4, -0.2) is 74.8 Å². The van der Waals surface area contributed by atoms with Crippen LogP contribution in [0.2, 0.25) is 0 Å².